The van der Waals surface area contributed by atoms with E-state index in [-0.39, 0.29) is 18.2 Å². The van der Waals surface area contributed by atoms with Crippen molar-refractivity contribution < 1.29 is 23.0 Å². The SMILES string of the molecule is CO.FC(F)(F)c1cc2cc(CCl)[nH]c2cc1OCc1cscn1. The number of rotatable bonds is 4. The molecule has 0 fully saturated rings. The highest BCUT2D eigenvalue weighted by molar-refractivity contribution is 7.07. The highest BCUT2D eigenvalue weighted by atomic mass is 35.5. The zero-order valence-electron chi connectivity index (χ0n) is 12.5. The Bertz CT molecular complexity index is 788. The van der Waals surface area contributed by atoms with Crippen LogP contribution in [0.1, 0.15) is 17.0 Å². The average Bonchev–Trinajstić information content (AvgIpc) is 3.21. The Hall–Kier alpha value is -1.77. The summed E-state index contributed by atoms with van der Waals surface area (Å²) < 4.78 is 44.9. The van der Waals surface area contributed by atoms with E-state index in [2.05, 4.69) is 9.97 Å². The Labute approximate surface area is 144 Å². The molecule has 0 aliphatic carbocycles. The quantitative estimate of drug-likeness (QED) is 0.654. The molecule has 0 saturated heterocycles. The number of halogens is 4. The lowest BCUT2D eigenvalue weighted by atomic mass is 10.1. The molecule has 9 heteroatoms. The minimum Gasteiger partial charge on any atom is -0.487 e. The normalized spacial score (nSPS) is 11.2. The number of aliphatic hydroxyl groups is 1. The van der Waals surface area contributed by atoms with Crippen LogP contribution < -0.4 is 4.74 Å². The van der Waals surface area contributed by atoms with Gasteiger partial charge in [-0.2, -0.15) is 13.2 Å². The Morgan fingerprint density at radius 1 is 1.29 bits per heavy atom. The maximum absolute atomic E-state index is 13.2. The molecule has 0 amide bonds. The molecule has 3 aromatic rings. The molecule has 0 atom stereocenters. The lowest BCUT2D eigenvalue weighted by Crippen LogP contribution is -2.09. The first-order valence-corrected chi connectivity index (χ1v) is 8.18. The number of nitrogens with zero attached hydrogens (tertiary/aromatic N) is 1. The van der Waals surface area contributed by atoms with Crippen molar-refractivity contribution in [3.63, 3.8) is 0 Å². The summed E-state index contributed by atoms with van der Waals surface area (Å²) in [5, 5.41) is 9.18. The summed E-state index contributed by atoms with van der Waals surface area (Å²) in [4.78, 5) is 6.95. The number of hydrogen-bond acceptors (Lipinski definition) is 4. The summed E-state index contributed by atoms with van der Waals surface area (Å²) in [6.07, 6.45) is -4.50. The first-order chi connectivity index (χ1) is 11.5. The van der Waals surface area contributed by atoms with Crippen molar-refractivity contribution in [3.8, 4) is 5.75 Å². The number of benzene rings is 1. The second kappa shape index (κ2) is 7.87. The van der Waals surface area contributed by atoms with Crippen LogP contribution in [0.15, 0.2) is 29.1 Å². The van der Waals surface area contributed by atoms with Gasteiger partial charge >= 0.3 is 6.18 Å². The van der Waals surface area contributed by atoms with Crippen molar-refractivity contribution in [1.29, 1.82) is 0 Å². The van der Waals surface area contributed by atoms with Gasteiger partial charge < -0.3 is 14.8 Å². The van der Waals surface area contributed by atoms with E-state index in [4.69, 9.17) is 21.4 Å². The number of nitrogens with one attached hydrogen (secondary N) is 1. The molecule has 0 saturated carbocycles. The van der Waals surface area contributed by atoms with Crippen molar-refractivity contribution in [2.45, 2.75) is 18.7 Å². The van der Waals surface area contributed by atoms with Gasteiger partial charge in [0.05, 0.1) is 22.6 Å². The van der Waals surface area contributed by atoms with Crippen LogP contribution in [0.2, 0.25) is 0 Å². The van der Waals surface area contributed by atoms with Crippen LogP contribution in [-0.2, 0) is 18.7 Å². The molecule has 0 bridgehead atoms. The van der Waals surface area contributed by atoms with Gasteiger partial charge in [0, 0.05) is 35.2 Å². The second-order valence-electron chi connectivity index (χ2n) is 4.63. The fourth-order valence-electron chi connectivity index (χ4n) is 2.09. The number of fused-ring (bicyclic) bond motifs is 1. The van der Waals surface area contributed by atoms with Crippen molar-refractivity contribution in [2.75, 3.05) is 7.11 Å². The molecule has 0 unspecified atom stereocenters. The fraction of sp³-hybridized carbons (Fsp3) is 0.267. The van der Waals surface area contributed by atoms with Gasteiger partial charge in [-0.1, -0.05) is 0 Å². The van der Waals surface area contributed by atoms with Gasteiger partial charge in [-0.3, -0.25) is 0 Å². The number of thiazole rings is 1. The number of aliphatic hydroxyl groups excluding tert-OH is 1. The van der Waals surface area contributed by atoms with E-state index in [9.17, 15) is 13.2 Å². The zero-order valence-corrected chi connectivity index (χ0v) is 14.1. The van der Waals surface area contributed by atoms with Crippen LogP contribution in [0.25, 0.3) is 10.9 Å². The van der Waals surface area contributed by atoms with Crippen LogP contribution in [0.4, 0.5) is 13.2 Å². The number of hydrogen-bond donors (Lipinski definition) is 2. The smallest absolute Gasteiger partial charge is 0.419 e. The third kappa shape index (κ3) is 4.19. The van der Waals surface area contributed by atoms with Crippen molar-refractivity contribution in [3.05, 3.63) is 46.0 Å². The maximum Gasteiger partial charge on any atom is 0.419 e. The predicted octanol–water partition coefficient (Wildman–Crippen LogP) is 4.57. The minimum absolute atomic E-state index is 0.0127. The lowest BCUT2D eigenvalue weighted by molar-refractivity contribution is -0.138. The topological polar surface area (TPSA) is 58.1 Å². The van der Waals surface area contributed by atoms with Gasteiger partial charge in [0.2, 0.25) is 0 Å². The first-order valence-electron chi connectivity index (χ1n) is 6.71. The van der Waals surface area contributed by atoms with Gasteiger partial charge in [-0.25, -0.2) is 4.98 Å². The number of aromatic amines is 1. The molecule has 0 radical (unpaired) electrons. The summed E-state index contributed by atoms with van der Waals surface area (Å²) in [5.74, 6) is -0.0265. The summed E-state index contributed by atoms with van der Waals surface area (Å²) >= 11 is 7.06. The molecule has 0 spiro atoms. The molecule has 0 aliphatic heterocycles. The van der Waals surface area contributed by atoms with E-state index in [1.807, 2.05) is 0 Å². The highest BCUT2D eigenvalue weighted by Crippen LogP contribution is 2.39. The monoisotopic (exact) mass is 378 g/mol. The Morgan fingerprint density at radius 3 is 2.62 bits per heavy atom. The van der Waals surface area contributed by atoms with Gasteiger partial charge in [-0.15, -0.1) is 22.9 Å². The number of H-pyrrole nitrogens is 1. The van der Waals surface area contributed by atoms with Crippen LogP contribution >= 0.6 is 22.9 Å². The molecule has 0 aliphatic rings. The lowest BCUT2D eigenvalue weighted by Gasteiger charge is -2.13. The van der Waals surface area contributed by atoms with E-state index >= 15 is 0 Å². The van der Waals surface area contributed by atoms with Crippen LogP contribution in [0.5, 0.6) is 5.75 Å². The Morgan fingerprint density at radius 2 is 2.04 bits per heavy atom. The third-order valence-electron chi connectivity index (χ3n) is 3.09. The van der Waals surface area contributed by atoms with Crippen molar-refractivity contribution in [1.82, 2.24) is 9.97 Å². The second-order valence-corrected chi connectivity index (χ2v) is 5.62. The van der Waals surface area contributed by atoms with E-state index in [0.717, 1.165) is 13.2 Å². The summed E-state index contributed by atoms with van der Waals surface area (Å²) in [6, 6.07) is 4.01. The van der Waals surface area contributed by atoms with Crippen LogP contribution in [0, 0.1) is 0 Å². The average molecular weight is 379 g/mol. The molecule has 1 aromatic carbocycles. The van der Waals surface area contributed by atoms with Gasteiger partial charge in [0.1, 0.15) is 12.4 Å². The minimum atomic E-state index is -4.50. The molecule has 2 N–H and O–H groups in total. The van der Waals surface area contributed by atoms with Gasteiger partial charge in [0.25, 0.3) is 0 Å². The Balaban J connectivity index is 0.00000100. The standard InChI is InChI=1S/C14H10ClF3N2OS.CH4O/c15-4-9-1-8-2-11(14(16,17)18)13(3-12(8)20-9)21-5-10-6-22-7-19-10;1-2/h1-3,6-7,20H,4-5H2;2H,1H3. The van der Waals surface area contributed by atoms with Gasteiger partial charge in [-0.05, 0) is 12.1 Å². The highest BCUT2D eigenvalue weighted by Gasteiger charge is 2.35. The van der Waals surface area contributed by atoms with Gasteiger partial charge in [0.15, 0.2) is 0 Å². The number of ether oxygens (including phenoxy) is 1. The maximum atomic E-state index is 13.2. The molecule has 130 valence electrons. The van der Waals surface area contributed by atoms with Crippen molar-refractivity contribution >= 4 is 33.8 Å². The fourth-order valence-corrected chi connectivity index (χ4v) is 2.78. The zero-order chi connectivity index (χ0) is 17.7. The first kappa shape index (κ1) is 18.6. The molecule has 3 rings (SSSR count). The molecule has 2 aromatic heterocycles. The van der Waals surface area contributed by atoms with Crippen molar-refractivity contribution in [2.24, 2.45) is 0 Å². The number of aromatic nitrogens is 2. The molecular weight excluding hydrogens is 365 g/mol. The Kier molecular flexibility index (Phi) is 6.09. The number of alkyl halides is 4. The van der Waals surface area contributed by atoms with E-state index in [1.165, 1.54) is 17.4 Å². The van der Waals surface area contributed by atoms with Crippen LogP contribution in [-0.4, -0.2) is 22.2 Å². The molecular formula is C15H14ClF3N2O2S. The van der Waals surface area contributed by atoms with E-state index < -0.39 is 11.7 Å². The van der Waals surface area contributed by atoms with E-state index in [1.54, 1.807) is 17.0 Å². The van der Waals surface area contributed by atoms with E-state index in [0.29, 0.717) is 22.3 Å². The third-order valence-corrected chi connectivity index (χ3v) is 4.01. The van der Waals surface area contributed by atoms with Crippen LogP contribution in [0.3, 0.4) is 0 Å². The molecule has 2 heterocycles. The summed E-state index contributed by atoms with van der Waals surface area (Å²) in [5.41, 5.74) is 2.59. The largest absolute Gasteiger partial charge is 0.487 e. The predicted molar refractivity (Wildman–Crippen MR) is 87.4 cm³/mol. The molecule has 24 heavy (non-hydrogen) atoms. The summed E-state index contributed by atoms with van der Waals surface area (Å²) in [7, 11) is 1.00. The summed E-state index contributed by atoms with van der Waals surface area (Å²) in [6.45, 7) is -0.0127. The molecule has 4 nitrogen and oxygen atoms in total.